The van der Waals surface area contributed by atoms with Crippen LogP contribution in [0.2, 0.25) is 0 Å². The van der Waals surface area contributed by atoms with E-state index in [4.69, 9.17) is 9.26 Å². The Labute approximate surface area is 148 Å². The van der Waals surface area contributed by atoms with Crippen LogP contribution in [-0.2, 0) is 4.74 Å². The van der Waals surface area contributed by atoms with Gasteiger partial charge in [-0.1, -0.05) is 11.2 Å². The van der Waals surface area contributed by atoms with Crippen LogP contribution in [0.5, 0.6) is 0 Å². The highest BCUT2D eigenvalue weighted by Gasteiger charge is 2.16. The van der Waals surface area contributed by atoms with Gasteiger partial charge in [0.25, 0.3) is 5.91 Å². The van der Waals surface area contributed by atoms with E-state index in [0.29, 0.717) is 24.7 Å². The van der Waals surface area contributed by atoms with E-state index in [2.05, 4.69) is 20.4 Å². The van der Waals surface area contributed by atoms with Crippen LogP contribution in [0.25, 0.3) is 10.6 Å². The number of rotatable bonds is 4. The van der Waals surface area contributed by atoms with Gasteiger partial charge in [-0.25, -0.2) is 4.98 Å². The van der Waals surface area contributed by atoms with Crippen LogP contribution in [0, 0.1) is 0 Å². The molecule has 0 atom stereocenters. The van der Waals surface area contributed by atoms with Crippen LogP contribution < -0.4 is 10.2 Å². The summed E-state index contributed by atoms with van der Waals surface area (Å²) in [5, 5.41) is 8.56. The Kier molecular flexibility index (Phi) is 4.45. The summed E-state index contributed by atoms with van der Waals surface area (Å²) in [5.41, 5.74) is 0.850. The number of hydrogen-bond donors (Lipinski definition) is 1. The third kappa shape index (κ3) is 3.54. The quantitative estimate of drug-likeness (QED) is 0.774. The first-order valence-electron chi connectivity index (χ1n) is 7.90. The lowest BCUT2D eigenvalue weighted by molar-refractivity contribution is 0.101. The Balaban J connectivity index is 1.42. The van der Waals surface area contributed by atoms with E-state index in [1.54, 1.807) is 12.3 Å². The number of hydrogen-bond acceptors (Lipinski definition) is 7. The molecule has 0 spiro atoms. The van der Waals surface area contributed by atoms with Gasteiger partial charge in [0.2, 0.25) is 0 Å². The molecule has 0 aromatic carbocycles. The average Bonchev–Trinajstić information content (AvgIpc) is 3.35. The highest BCUT2D eigenvalue weighted by Crippen LogP contribution is 2.25. The maximum absolute atomic E-state index is 12.3. The molecule has 0 aliphatic carbocycles. The number of ether oxygens (including phenoxy) is 1. The summed E-state index contributed by atoms with van der Waals surface area (Å²) in [6.07, 6.45) is 1.64. The van der Waals surface area contributed by atoms with Gasteiger partial charge in [-0.05, 0) is 23.6 Å². The molecule has 8 heteroatoms. The molecule has 0 radical (unpaired) electrons. The van der Waals surface area contributed by atoms with Crippen molar-refractivity contribution in [1.82, 2.24) is 10.1 Å². The molecule has 25 heavy (non-hydrogen) atoms. The van der Waals surface area contributed by atoms with Crippen LogP contribution in [0.1, 0.15) is 10.5 Å². The Hall–Kier alpha value is -2.71. The van der Waals surface area contributed by atoms with Crippen molar-refractivity contribution < 1.29 is 14.1 Å². The number of carbonyl (C=O) groups is 1. The van der Waals surface area contributed by atoms with Gasteiger partial charge < -0.3 is 19.5 Å². The minimum absolute atomic E-state index is 0.237. The molecule has 1 N–H and O–H groups in total. The number of anilines is 2. The number of nitrogens with one attached hydrogen (secondary N) is 1. The second kappa shape index (κ2) is 7.04. The van der Waals surface area contributed by atoms with E-state index in [0.717, 1.165) is 23.8 Å². The highest BCUT2D eigenvalue weighted by molar-refractivity contribution is 7.13. The Morgan fingerprint density at radius 3 is 2.84 bits per heavy atom. The first-order chi connectivity index (χ1) is 12.3. The first-order valence-corrected chi connectivity index (χ1v) is 8.78. The molecule has 0 bridgehead atoms. The van der Waals surface area contributed by atoms with E-state index in [-0.39, 0.29) is 11.6 Å². The van der Waals surface area contributed by atoms with E-state index in [1.807, 2.05) is 29.6 Å². The van der Waals surface area contributed by atoms with Crippen LogP contribution in [0.15, 0.2) is 46.4 Å². The van der Waals surface area contributed by atoms with Crippen molar-refractivity contribution in [3.63, 3.8) is 0 Å². The maximum atomic E-state index is 12.3. The minimum atomic E-state index is -0.326. The number of morpholine rings is 1. The zero-order valence-electron chi connectivity index (χ0n) is 13.3. The average molecular weight is 356 g/mol. The largest absolute Gasteiger partial charge is 0.378 e. The summed E-state index contributed by atoms with van der Waals surface area (Å²) in [5.74, 6) is 1.14. The summed E-state index contributed by atoms with van der Waals surface area (Å²) in [7, 11) is 0. The third-order valence-corrected chi connectivity index (χ3v) is 4.73. The maximum Gasteiger partial charge on any atom is 0.277 e. The molecule has 4 rings (SSSR count). The number of pyridine rings is 1. The van der Waals surface area contributed by atoms with Gasteiger partial charge in [-0.3, -0.25) is 4.79 Å². The lowest BCUT2D eigenvalue weighted by Crippen LogP contribution is -2.36. The van der Waals surface area contributed by atoms with Crippen molar-refractivity contribution in [2.75, 3.05) is 36.5 Å². The van der Waals surface area contributed by atoms with Crippen LogP contribution in [0.3, 0.4) is 0 Å². The first kappa shape index (κ1) is 15.8. The number of thiophene rings is 1. The summed E-state index contributed by atoms with van der Waals surface area (Å²) in [6, 6.07) is 9.19. The highest BCUT2D eigenvalue weighted by atomic mass is 32.1. The zero-order chi connectivity index (χ0) is 17.1. The molecular formula is C17H16N4O3S. The fourth-order valence-corrected chi connectivity index (χ4v) is 3.22. The van der Waals surface area contributed by atoms with Gasteiger partial charge in [0.1, 0.15) is 5.82 Å². The van der Waals surface area contributed by atoms with Crippen LogP contribution >= 0.6 is 11.3 Å². The number of amides is 1. The van der Waals surface area contributed by atoms with Gasteiger partial charge >= 0.3 is 0 Å². The lowest BCUT2D eigenvalue weighted by atomic mass is 10.3. The van der Waals surface area contributed by atoms with Crippen molar-refractivity contribution in [3.05, 3.63) is 47.6 Å². The van der Waals surface area contributed by atoms with E-state index in [1.165, 1.54) is 11.3 Å². The Bertz CT molecular complexity index is 839. The van der Waals surface area contributed by atoms with Gasteiger partial charge in [0.05, 0.1) is 30.0 Å². The van der Waals surface area contributed by atoms with Crippen molar-refractivity contribution in [2.45, 2.75) is 0 Å². The van der Waals surface area contributed by atoms with Gasteiger partial charge in [-0.2, -0.15) is 0 Å². The van der Waals surface area contributed by atoms with E-state index < -0.39 is 0 Å². The second-order valence-electron chi connectivity index (χ2n) is 5.51. The molecule has 3 aromatic heterocycles. The van der Waals surface area contributed by atoms with Crippen LogP contribution in [-0.4, -0.2) is 42.4 Å². The monoisotopic (exact) mass is 356 g/mol. The predicted octanol–water partition coefficient (Wildman–Crippen LogP) is 2.89. The molecule has 4 heterocycles. The minimum Gasteiger partial charge on any atom is -0.378 e. The molecule has 1 amide bonds. The third-order valence-electron chi connectivity index (χ3n) is 3.85. The van der Waals surface area contributed by atoms with Crippen molar-refractivity contribution >= 4 is 28.7 Å². The summed E-state index contributed by atoms with van der Waals surface area (Å²) in [6.45, 7) is 3.06. The molecule has 7 nitrogen and oxygen atoms in total. The molecule has 1 saturated heterocycles. The number of nitrogens with zero attached hydrogens (tertiary/aromatic N) is 3. The molecule has 3 aromatic rings. The lowest BCUT2D eigenvalue weighted by Gasteiger charge is -2.27. The van der Waals surface area contributed by atoms with Gasteiger partial charge in [0.15, 0.2) is 11.5 Å². The van der Waals surface area contributed by atoms with Crippen molar-refractivity contribution in [3.8, 4) is 10.6 Å². The van der Waals surface area contributed by atoms with Crippen molar-refractivity contribution in [1.29, 1.82) is 0 Å². The Morgan fingerprint density at radius 1 is 1.24 bits per heavy atom. The second-order valence-corrected chi connectivity index (χ2v) is 6.46. The van der Waals surface area contributed by atoms with Gasteiger partial charge in [0, 0.05) is 19.2 Å². The molecule has 1 fully saturated rings. The zero-order valence-corrected chi connectivity index (χ0v) is 14.2. The summed E-state index contributed by atoms with van der Waals surface area (Å²) >= 11 is 1.53. The molecule has 1 aliphatic heterocycles. The molecule has 1 aliphatic rings. The molecule has 128 valence electrons. The summed E-state index contributed by atoms with van der Waals surface area (Å²) < 4.78 is 10.6. The molecule has 0 saturated carbocycles. The number of carbonyl (C=O) groups excluding carboxylic acids is 1. The molecule has 0 unspecified atom stereocenters. The molecular weight excluding hydrogens is 340 g/mol. The standard InChI is InChI=1S/C17H16N4O3S/c22-17(13-10-14(24-20-13)15-2-1-9-25-15)19-12-3-4-16(18-11-12)21-5-7-23-8-6-21/h1-4,9-11H,5-8H2,(H,19,22). The Morgan fingerprint density at radius 2 is 2.12 bits per heavy atom. The fraction of sp³-hybridized carbons (Fsp3) is 0.235. The predicted molar refractivity (Wildman–Crippen MR) is 95.0 cm³/mol. The van der Waals surface area contributed by atoms with E-state index in [9.17, 15) is 4.79 Å². The smallest absolute Gasteiger partial charge is 0.277 e. The van der Waals surface area contributed by atoms with Crippen LogP contribution in [0.4, 0.5) is 11.5 Å². The van der Waals surface area contributed by atoms with E-state index >= 15 is 0 Å². The SMILES string of the molecule is O=C(Nc1ccc(N2CCOCC2)nc1)c1cc(-c2cccs2)on1. The normalized spacial score (nSPS) is 14.5. The van der Waals surface area contributed by atoms with Crippen molar-refractivity contribution in [2.24, 2.45) is 0 Å². The topological polar surface area (TPSA) is 80.5 Å². The fourth-order valence-electron chi connectivity index (χ4n) is 2.55. The number of aromatic nitrogens is 2. The summed E-state index contributed by atoms with van der Waals surface area (Å²) in [4.78, 5) is 19.8. The van der Waals surface area contributed by atoms with Gasteiger partial charge in [-0.15, -0.1) is 11.3 Å².